The number of aryl methyl sites for hydroxylation is 1. The zero-order valence-electron chi connectivity index (χ0n) is 10.8. The largest absolute Gasteiger partial charge is 0.311 e. The SMILES string of the molecule is CCC(C)(C)NCC(C)Sc1ncnn1C. The topological polar surface area (TPSA) is 42.7 Å². The van der Waals surface area contributed by atoms with E-state index in [9.17, 15) is 0 Å². The number of aromatic nitrogens is 3. The van der Waals surface area contributed by atoms with Gasteiger partial charge < -0.3 is 5.32 Å². The van der Waals surface area contributed by atoms with Crippen molar-refractivity contribution in [2.75, 3.05) is 6.54 Å². The van der Waals surface area contributed by atoms with Gasteiger partial charge in [-0.15, -0.1) is 0 Å². The highest BCUT2D eigenvalue weighted by Gasteiger charge is 2.16. The molecule has 0 saturated carbocycles. The van der Waals surface area contributed by atoms with Gasteiger partial charge >= 0.3 is 0 Å². The first-order valence-corrected chi connectivity index (χ1v) is 6.58. The first kappa shape index (κ1) is 13.5. The Kier molecular flexibility index (Phi) is 4.80. The summed E-state index contributed by atoms with van der Waals surface area (Å²) in [5.74, 6) is 0. The van der Waals surface area contributed by atoms with Gasteiger partial charge in [0.05, 0.1) is 0 Å². The Labute approximate surface area is 102 Å². The summed E-state index contributed by atoms with van der Waals surface area (Å²) in [5.41, 5.74) is 0.217. The quantitative estimate of drug-likeness (QED) is 0.776. The van der Waals surface area contributed by atoms with Gasteiger partial charge in [0.1, 0.15) is 6.33 Å². The number of nitrogens with zero attached hydrogens (tertiary/aromatic N) is 3. The van der Waals surface area contributed by atoms with Crippen molar-refractivity contribution in [3.63, 3.8) is 0 Å². The lowest BCUT2D eigenvalue weighted by Gasteiger charge is -2.26. The van der Waals surface area contributed by atoms with E-state index in [-0.39, 0.29) is 5.54 Å². The molecule has 0 saturated heterocycles. The average Bonchev–Trinajstić information content (AvgIpc) is 2.62. The molecule has 0 aliphatic rings. The second kappa shape index (κ2) is 5.68. The molecule has 0 spiro atoms. The van der Waals surface area contributed by atoms with E-state index in [1.54, 1.807) is 18.1 Å². The standard InChI is InChI=1S/C11H22N4S/c1-6-11(3,4)13-7-9(2)16-10-12-8-14-15(10)5/h8-9,13H,6-7H2,1-5H3. The molecule has 1 heterocycles. The summed E-state index contributed by atoms with van der Waals surface area (Å²) in [7, 11) is 1.92. The van der Waals surface area contributed by atoms with Gasteiger partial charge in [-0.05, 0) is 20.3 Å². The first-order chi connectivity index (χ1) is 7.44. The second-order valence-corrected chi connectivity index (χ2v) is 6.12. The van der Waals surface area contributed by atoms with Gasteiger partial charge in [-0.3, -0.25) is 0 Å². The predicted molar refractivity (Wildman–Crippen MR) is 68.7 cm³/mol. The third-order valence-corrected chi connectivity index (χ3v) is 3.88. The summed E-state index contributed by atoms with van der Waals surface area (Å²) in [6.45, 7) is 9.85. The van der Waals surface area contributed by atoms with E-state index in [2.05, 4.69) is 43.1 Å². The Morgan fingerprint density at radius 3 is 2.75 bits per heavy atom. The van der Waals surface area contributed by atoms with Crippen LogP contribution >= 0.6 is 11.8 Å². The fraction of sp³-hybridized carbons (Fsp3) is 0.818. The van der Waals surface area contributed by atoms with Gasteiger partial charge in [0.15, 0.2) is 5.16 Å². The highest BCUT2D eigenvalue weighted by Crippen LogP contribution is 2.20. The molecule has 1 N–H and O–H groups in total. The molecule has 0 aromatic carbocycles. The maximum absolute atomic E-state index is 4.21. The summed E-state index contributed by atoms with van der Waals surface area (Å²) in [4.78, 5) is 4.21. The molecule has 0 amide bonds. The van der Waals surface area contributed by atoms with Gasteiger partial charge in [0.25, 0.3) is 0 Å². The van der Waals surface area contributed by atoms with Gasteiger partial charge in [-0.2, -0.15) is 5.10 Å². The lowest BCUT2D eigenvalue weighted by atomic mass is 10.0. The van der Waals surface area contributed by atoms with Crippen LogP contribution in [-0.2, 0) is 7.05 Å². The van der Waals surface area contributed by atoms with Crippen LogP contribution in [-0.4, -0.2) is 32.1 Å². The molecule has 0 bridgehead atoms. The van der Waals surface area contributed by atoms with Gasteiger partial charge in [-0.25, -0.2) is 9.67 Å². The molecule has 5 heteroatoms. The average molecular weight is 242 g/mol. The predicted octanol–water partition coefficient (Wildman–Crippen LogP) is 2.07. The molecule has 0 aliphatic heterocycles. The lowest BCUT2D eigenvalue weighted by Crippen LogP contribution is -2.41. The summed E-state index contributed by atoms with van der Waals surface area (Å²) in [6, 6.07) is 0. The van der Waals surface area contributed by atoms with E-state index in [1.165, 1.54) is 0 Å². The number of hydrogen-bond acceptors (Lipinski definition) is 4. The molecule has 1 aromatic rings. The minimum absolute atomic E-state index is 0.217. The molecule has 0 aliphatic carbocycles. The van der Waals surface area contributed by atoms with Crippen LogP contribution in [0, 0.1) is 0 Å². The van der Waals surface area contributed by atoms with E-state index in [1.807, 2.05) is 11.7 Å². The van der Waals surface area contributed by atoms with E-state index >= 15 is 0 Å². The highest BCUT2D eigenvalue weighted by molar-refractivity contribution is 7.99. The molecular formula is C11H22N4S. The lowest BCUT2D eigenvalue weighted by molar-refractivity contribution is 0.379. The van der Waals surface area contributed by atoms with Crippen LogP contribution in [0.5, 0.6) is 0 Å². The van der Waals surface area contributed by atoms with Crippen LogP contribution in [0.4, 0.5) is 0 Å². The maximum atomic E-state index is 4.21. The third-order valence-electron chi connectivity index (χ3n) is 2.73. The molecular weight excluding hydrogens is 220 g/mol. The van der Waals surface area contributed by atoms with Gasteiger partial charge in [0.2, 0.25) is 0 Å². The van der Waals surface area contributed by atoms with E-state index in [0.717, 1.165) is 18.1 Å². The van der Waals surface area contributed by atoms with E-state index in [4.69, 9.17) is 0 Å². The number of nitrogens with one attached hydrogen (secondary N) is 1. The number of rotatable bonds is 6. The van der Waals surface area contributed by atoms with Crippen LogP contribution < -0.4 is 5.32 Å². The van der Waals surface area contributed by atoms with Crippen LogP contribution in [0.1, 0.15) is 34.1 Å². The van der Waals surface area contributed by atoms with Crippen molar-refractivity contribution in [1.29, 1.82) is 0 Å². The molecule has 1 rings (SSSR count). The number of thioether (sulfide) groups is 1. The normalized spacial score (nSPS) is 14.1. The zero-order chi connectivity index (χ0) is 12.2. The van der Waals surface area contributed by atoms with Crippen molar-refractivity contribution < 1.29 is 0 Å². The van der Waals surface area contributed by atoms with Crippen LogP contribution in [0.3, 0.4) is 0 Å². The minimum Gasteiger partial charge on any atom is -0.311 e. The Morgan fingerprint density at radius 2 is 2.25 bits per heavy atom. The molecule has 0 radical (unpaired) electrons. The van der Waals surface area contributed by atoms with Crippen molar-refractivity contribution in [2.24, 2.45) is 7.05 Å². The highest BCUT2D eigenvalue weighted by atomic mass is 32.2. The van der Waals surface area contributed by atoms with Crippen LogP contribution in [0.2, 0.25) is 0 Å². The Balaban J connectivity index is 2.37. The summed E-state index contributed by atoms with van der Waals surface area (Å²) in [6.07, 6.45) is 2.73. The van der Waals surface area contributed by atoms with Crippen molar-refractivity contribution in [2.45, 2.75) is 50.1 Å². The summed E-state index contributed by atoms with van der Waals surface area (Å²) < 4.78 is 1.81. The van der Waals surface area contributed by atoms with Crippen molar-refractivity contribution in [3.05, 3.63) is 6.33 Å². The van der Waals surface area contributed by atoms with Crippen molar-refractivity contribution >= 4 is 11.8 Å². The molecule has 92 valence electrons. The maximum Gasteiger partial charge on any atom is 0.186 e. The number of hydrogen-bond donors (Lipinski definition) is 1. The second-order valence-electron chi connectivity index (χ2n) is 4.71. The van der Waals surface area contributed by atoms with E-state index in [0.29, 0.717) is 5.25 Å². The Morgan fingerprint density at radius 1 is 1.56 bits per heavy atom. The summed E-state index contributed by atoms with van der Waals surface area (Å²) >= 11 is 1.75. The molecule has 1 unspecified atom stereocenters. The molecule has 16 heavy (non-hydrogen) atoms. The van der Waals surface area contributed by atoms with Crippen LogP contribution in [0.15, 0.2) is 11.5 Å². The van der Waals surface area contributed by atoms with Gasteiger partial charge in [-0.1, -0.05) is 25.6 Å². The van der Waals surface area contributed by atoms with Crippen molar-refractivity contribution in [1.82, 2.24) is 20.1 Å². The first-order valence-electron chi connectivity index (χ1n) is 5.70. The van der Waals surface area contributed by atoms with Gasteiger partial charge in [0, 0.05) is 24.4 Å². The molecule has 0 fully saturated rings. The fourth-order valence-electron chi connectivity index (χ4n) is 1.16. The monoisotopic (exact) mass is 242 g/mol. The fourth-order valence-corrected chi connectivity index (χ4v) is 1.99. The summed E-state index contributed by atoms with van der Waals surface area (Å²) in [5, 5.41) is 9.09. The zero-order valence-corrected chi connectivity index (χ0v) is 11.6. The molecule has 4 nitrogen and oxygen atoms in total. The smallest absolute Gasteiger partial charge is 0.186 e. The third kappa shape index (κ3) is 4.14. The van der Waals surface area contributed by atoms with Crippen LogP contribution in [0.25, 0.3) is 0 Å². The Hall–Kier alpha value is -0.550. The van der Waals surface area contributed by atoms with Crippen molar-refractivity contribution in [3.8, 4) is 0 Å². The molecule has 1 atom stereocenters. The Bertz CT molecular complexity index is 322. The van der Waals surface area contributed by atoms with E-state index < -0.39 is 0 Å². The molecule has 1 aromatic heterocycles. The minimum atomic E-state index is 0.217.